The number of hydrazone groups is 1. The van der Waals surface area contributed by atoms with Crippen LogP contribution in [0, 0.1) is 13.7 Å². The lowest BCUT2D eigenvalue weighted by Crippen LogP contribution is -2.17. The minimum absolute atomic E-state index is 0.0179. The summed E-state index contributed by atoms with van der Waals surface area (Å²) < 4.78 is 23.5. The molecule has 0 heterocycles. The fourth-order valence-corrected chi connectivity index (χ4v) is 4.08. The normalized spacial score (nSPS) is 10.7. The van der Waals surface area contributed by atoms with Crippen molar-refractivity contribution in [2.24, 2.45) is 5.10 Å². The highest BCUT2D eigenvalue weighted by atomic mass is 127. The predicted octanol–water partition coefficient (Wildman–Crippen LogP) is 5.74. The highest BCUT2D eigenvalue weighted by Gasteiger charge is 2.14. The number of non-ortho nitro benzene ring substituents is 1. The smallest absolute Gasteiger partial charge is 0.271 e. The number of halogens is 1. The van der Waals surface area contributed by atoms with E-state index in [1.807, 2.05) is 19.9 Å². The van der Waals surface area contributed by atoms with E-state index in [-0.39, 0.29) is 12.3 Å². The molecule has 0 bridgehead atoms. The molecule has 0 aliphatic heterocycles. The van der Waals surface area contributed by atoms with Gasteiger partial charge in [-0.15, -0.1) is 0 Å². The average Bonchev–Trinajstić information content (AvgIpc) is 2.91. The Bertz CT molecular complexity index is 1300. The maximum Gasteiger partial charge on any atom is 0.271 e. The Labute approximate surface area is 234 Å². The van der Waals surface area contributed by atoms with Gasteiger partial charge in [-0.1, -0.05) is 6.92 Å². The maximum atomic E-state index is 12.6. The molecule has 200 valence electrons. The fraction of sp³-hybridized carbons (Fsp3) is 0.259. The van der Waals surface area contributed by atoms with Gasteiger partial charge >= 0.3 is 0 Å². The molecule has 10 nitrogen and oxygen atoms in total. The van der Waals surface area contributed by atoms with Crippen LogP contribution in [-0.2, 0) is 6.61 Å². The van der Waals surface area contributed by atoms with Gasteiger partial charge < -0.3 is 18.9 Å². The molecule has 0 aliphatic carbocycles. The number of benzene rings is 3. The summed E-state index contributed by atoms with van der Waals surface area (Å²) >= 11 is 2.12. The van der Waals surface area contributed by atoms with E-state index in [1.54, 1.807) is 36.4 Å². The summed E-state index contributed by atoms with van der Waals surface area (Å²) in [6, 6.07) is 14.7. The van der Waals surface area contributed by atoms with Crippen molar-refractivity contribution in [2.45, 2.75) is 26.9 Å². The summed E-state index contributed by atoms with van der Waals surface area (Å²) in [5, 5.41) is 14.9. The topological polar surface area (TPSA) is 122 Å². The first kappa shape index (κ1) is 28.7. The molecule has 0 saturated heterocycles. The first-order chi connectivity index (χ1) is 18.4. The quantitative estimate of drug-likeness (QED) is 0.110. The number of nitrogens with zero attached hydrogens (tertiary/aromatic N) is 2. The van der Waals surface area contributed by atoms with Crippen LogP contribution in [0.4, 0.5) is 5.69 Å². The number of nitro groups is 1. The van der Waals surface area contributed by atoms with E-state index in [0.717, 1.165) is 15.6 Å². The summed E-state index contributed by atoms with van der Waals surface area (Å²) in [6.45, 7) is 5.08. The second kappa shape index (κ2) is 14.2. The number of methoxy groups -OCH3 is 1. The van der Waals surface area contributed by atoms with Gasteiger partial charge in [0.2, 0.25) is 0 Å². The van der Waals surface area contributed by atoms with Crippen molar-refractivity contribution in [3.8, 4) is 23.0 Å². The highest BCUT2D eigenvalue weighted by Crippen LogP contribution is 2.34. The third-order valence-corrected chi connectivity index (χ3v) is 5.93. The number of carbonyl (C=O) groups excluding carboxylic acids is 1. The number of rotatable bonds is 13. The standard InChI is InChI=1S/C27H28IN3O7/c1-4-12-37-23-11-8-20(15-24(23)36-5-2)27(32)30-29-16-19-13-22(28)26(25(14-19)35-3)38-17-18-6-9-21(10-7-18)31(33)34/h6-11,13-16H,4-5,12,17H2,1-3H3,(H,30,32)/b29-16+. The van der Waals surface area contributed by atoms with Crippen LogP contribution in [0.15, 0.2) is 59.7 Å². The zero-order valence-electron chi connectivity index (χ0n) is 21.2. The van der Waals surface area contributed by atoms with Gasteiger partial charge in [-0.2, -0.15) is 5.10 Å². The first-order valence-corrected chi connectivity index (χ1v) is 12.9. The Kier molecular flexibility index (Phi) is 10.7. The van der Waals surface area contributed by atoms with Crippen molar-refractivity contribution in [1.82, 2.24) is 5.43 Å². The van der Waals surface area contributed by atoms with Crippen LogP contribution in [0.1, 0.15) is 41.8 Å². The van der Waals surface area contributed by atoms with Crippen molar-refractivity contribution in [2.75, 3.05) is 20.3 Å². The molecule has 0 aromatic heterocycles. The van der Waals surface area contributed by atoms with E-state index in [2.05, 4.69) is 33.1 Å². The van der Waals surface area contributed by atoms with Crippen LogP contribution in [0.2, 0.25) is 0 Å². The summed E-state index contributed by atoms with van der Waals surface area (Å²) in [5.41, 5.74) is 4.39. The van der Waals surface area contributed by atoms with Gasteiger partial charge in [0.25, 0.3) is 11.6 Å². The highest BCUT2D eigenvalue weighted by molar-refractivity contribution is 14.1. The second-order valence-corrected chi connectivity index (χ2v) is 9.05. The Morgan fingerprint density at radius 2 is 1.79 bits per heavy atom. The molecule has 1 N–H and O–H groups in total. The summed E-state index contributed by atoms with van der Waals surface area (Å²) in [6.07, 6.45) is 2.37. The van der Waals surface area contributed by atoms with Gasteiger partial charge in [0.15, 0.2) is 23.0 Å². The lowest BCUT2D eigenvalue weighted by molar-refractivity contribution is -0.384. The molecule has 0 fully saturated rings. The molecule has 38 heavy (non-hydrogen) atoms. The third kappa shape index (κ3) is 7.81. The Morgan fingerprint density at radius 1 is 1.03 bits per heavy atom. The van der Waals surface area contributed by atoms with Crippen LogP contribution in [0.3, 0.4) is 0 Å². The molecule has 0 atom stereocenters. The Morgan fingerprint density at radius 3 is 2.45 bits per heavy atom. The van der Waals surface area contributed by atoms with E-state index in [9.17, 15) is 14.9 Å². The molecule has 0 unspecified atom stereocenters. The van der Waals surface area contributed by atoms with E-state index >= 15 is 0 Å². The number of hydrogen-bond acceptors (Lipinski definition) is 8. The number of hydrogen-bond donors (Lipinski definition) is 1. The van der Waals surface area contributed by atoms with Gasteiger partial charge in [0, 0.05) is 17.7 Å². The van der Waals surface area contributed by atoms with E-state index < -0.39 is 10.8 Å². The zero-order chi connectivity index (χ0) is 27.5. The molecule has 0 saturated carbocycles. The van der Waals surface area contributed by atoms with Crippen LogP contribution in [0.5, 0.6) is 23.0 Å². The third-order valence-electron chi connectivity index (χ3n) is 5.13. The molecular weight excluding hydrogens is 605 g/mol. The van der Waals surface area contributed by atoms with E-state index in [0.29, 0.717) is 47.3 Å². The molecule has 0 radical (unpaired) electrons. The lowest BCUT2D eigenvalue weighted by Gasteiger charge is -2.13. The summed E-state index contributed by atoms with van der Waals surface area (Å²) in [7, 11) is 1.52. The zero-order valence-corrected chi connectivity index (χ0v) is 23.4. The van der Waals surface area contributed by atoms with Crippen LogP contribution >= 0.6 is 22.6 Å². The molecular formula is C27H28IN3O7. The number of ether oxygens (including phenoxy) is 4. The van der Waals surface area contributed by atoms with Gasteiger partial charge in [-0.25, -0.2) is 5.43 Å². The van der Waals surface area contributed by atoms with Gasteiger partial charge in [-0.05, 0) is 89.5 Å². The number of nitrogens with one attached hydrogen (secondary N) is 1. The van der Waals surface area contributed by atoms with Crippen molar-refractivity contribution in [3.05, 3.63) is 85.0 Å². The number of carbonyl (C=O) groups is 1. The fourth-order valence-electron chi connectivity index (χ4n) is 3.30. The lowest BCUT2D eigenvalue weighted by atomic mass is 10.2. The average molecular weight is 633 g/mol. The molecule has 11 heteroatoms. The first-order valence-electron chi connectivity index (χ1n) is 11.8. The second-order valence-electron chi connectivity index (χ2n) is 7.89. The molecule has 1 amide bonds. The summed E-state index contributed by atoms with van der Waals surface area (Å²) in [5.74, 6) is 1.71. The van der Waals surface area contributed by atoms with Crippen LogP contribution in [0.25, 0.3) is 0 Å². The monoisotopic (exact) mass is 633 g/mol. The molecule has 3 rings (SSSR count). The SMILES string of the molecule is CCCOc1ccc(C(=O)N/N=C/c2cc(I)c(OCc3ccc([N+](=O)[O-])cc3)c(OC)c2)cc1OCC. The minimum atomic E-state index is -0.448. The molecule has 0 aliphatic rings. The Balaban J connectivity index is 1.67. The molecule has 0 spiro atoms. The molecule has 3 aromatic carbocycles. The van der Waals surface area contributed by atoms with Crippen molar-refractivity contribution < 1.29 is 28.7 Å². The molecule has 3 aromatic rings. The van der Waals surface area contributed by atoms with Crippen molar-refractivity contribution in [3.63, 3.8) is 0 Å². The minimum Gasteiger partial charge on any atom is -0.493 e. The van der Waals surface area contributed by atoms with Crippen LogP contribution < -0.4 is 24.4 Å². The van der Waals surface area contributed by atoms with E-state index in [4.69, 9.17) is 18.9 Å². The van der Waals surface area contributed by atoms with Crippen LogP contribution in [-0.4, -0.2) is 37.4 Å². The number of nitro benzene ring substituents is 1. The van der Waals surface area contributed by atoms with Gasteiger partial charge in [0.05, 0.1) is 35.0 Å². The largest absolute Gasteiger partial charge is 0.493 e. The van der Waals surface area contributed by atoms with Crippen molar-refractivity contribution in [1.29, 1.82) is 0 Å². The maximum absolute atomic E-state index is 12.6. The summed E-state index contributed by atoms with van der Waals surface area (Å²) in [4.78, 5) is 23.0. The number of amides is 1. The van der Waals surface area contributed by atoms with Gasteiger partial charge in [-0.3, -0.25) is 14.9 Å². The Hall–Kier alpha value is -3.87. The van der Waals surface area contributed by atoms with Crippen molar-refractivity contribution >= 4 is 40.4 Å². The predicted molar refractivity (Wildman–Crippen MR) is 152 cm³/mol. The van der Waals surface area contributed by atoms with E-state index in [1.165, 1.54) is 25.5 Å². The van der Waals surface area contributed by atoms with Gasteiger partial charge in [0.1, 0.15) is 6.61 Å².